The van der Waals surface area contributed by atoms with Crippen LogP contribution >= 0.6 is 11.6 Å². The summed E-state index contributed by atoms with van der Waals surface area (Å²) < 4.78 is 0. The molecule has 0 bridgehead atoms. The van der Waals surface area contributed by atoms with Crippen molar-refractivity contribution in [3.05, 3.63) is 101 Å². The summed E-state index contributed by atoms with van der Waals surface area (Å²) in [7, 11) is 0. The Hall–Kier alpha value is -3.90. The van der Waals surface area contributed by atoms with Crippen LogP contribution in [0.15, 0.2) is 79.4 Å². The first-order valence-corrected chi connectivity index (χ1v) is 10.4. The predicted octanol–water partition coefficient (Wildman–Crippen LogP) is 5.05. The molecule has 0 unspecified atom stereocenters. The number of nitrogens with zero attached hydrogens (tertiary/aromatic N) is 1. The molecule has 1 aliphatic heterocycles. The summed E-state index contributed by atoms with van der Waals surface area (Å²) in [6.07, 6.45) is 0.0614. The summed E-state index contributed by atoms with van der Waals surface area (Å²) in [5.74, 6) is -0.837. The highest BCUT2D eigenvalue weighted by molar-refractivity contribution is 6.30. The van der Waals surface area contributed by atoms with Gasteiger partial charge in [0.25, 0.3) is 11.8 Å². The average Bonchev–Trinajstić information content (AvgIpc) is 3.04. The van der Waals surface area contributed by atoms with Gasteiger partial charge >= 0.3 is 0 Å². The van der Waals surface area contributed by atoms with Crippen molar-refractivity contribution >= 4 is 46.4 Å². The molecule has 1 aliphatic rings. The van der Waals surface area contributed by atoms with Gasteiger partial charge in [-0.05, 0) is 42.5 Å². The van der Waals surface area contributed by atoms with Crippen LogP contribution in [0.5, 0.6) is 0 Å². The number of halogens is 1. The molecule has 160 valence electrons. The van der Waals surface area contributed by atoms with Gasteiger partial charge in [-0.25, -0.2) is 0 Å². The van der Waals surface area contributed by atoms with Crippen LogP contribution < -0.4 is 10.6 Å². The highest BCUT2D eigenvalue weighted by atomic mass is 35.5. The minimum atomic E-state index is -0.359. The van der Waals surface area contributed by atoms with E-state index in [1.807, 2.05) is 12.1 Å². The van der Waals surface area contributed by atoms with Crippen molar-refractivity contribution in [1.29, 1.82) is 0 Å². The lowest BCUT2D eigenvalue weighted by atomic mass is 10.1. The number of fused-ring (bicyclic) bond motifs is 1. The topological polar surface area (TPSA) is 78.5 Å². The van der Waals surface area contributed by atoms with Crippen molar-refractivity contribution in [2.75, 3.05) is 17.2 Å². The Labute approximate surface area is 190 Å². The van der Waals surface area contributed by atoms with Crippen LogP contribution in [-0.4, -0.2) is 29.2 Å². The van der Waals surface area contributed by atoms with Gasteiger partial charge in [0.1, 0.15) is 0 Å². The molecule has 0 fully saturated rings. The third-order valence-corrected chi connectivity index (χ3v) is 5.40. The smallest absolute Gasteiger partial charge is 0.258 e. The zero-order valence-electron chi connectivity index (χ0n) is 17.1. The molecular weight excluding hydrogens is 426 g/mol. The van der Waals surface area contributed by atoms with E-state index in [1.165, 1.54) is 4.90 Å². The molecule has 3 amide bonds. The van der Waals surface area contributed by atoms with Crippen LogP contribution in [-0.2, 0) is 4.79 Å². The van der Waals surface area contributed by atoms with Gasteiger partial charge in [0.15, 0.2) is 0 Å². The Morgan fingerprint density at radius 2 is 1.53 bits per heavy atom. The van der Waals surface area contributed by atoms with Crippen molar-refractivity contribution < 1.29 is 14.4 Å². The van der Waals surface area contributed by atoms with E-state index in [4.69, 9.17) is 11.6 Å². The van der Waals surface area contributed by atoms with E-state index in [9.17, 15) is 14.4 Å². The lowest BCUT2D eigenvalue weighted by molar-refractivity contribution is -0.116. The number of para-hydroxylation sites is 1. The summed E-state index contributed by atoms with van der Waals surface area (Å²) in [5.41, 5.74) is 3.25. The van der Waals surface area contributed by atoms with E-state index in [1.54, 1.807) is 60.7 Å². The average molecular weight is 446 g/mol. The fraction of sp³-hybridized carbons (Fsp3) is 0.0800. The van der Waals surface area contributed by atoms with Gasteiger partial charge in [-0.1, -0.05) is 48.5 Å². The number of carbonyl (C=O) groups is 3. The molecule has 0 spiro atoms. The van der Waals surface area contributed by atoms with Crippen LogP contribution in [0.1, 0.15) is 32.7 Å². The summed E-state index contributed by atoms with van der Waals surface area (Å²) in [5, 5.41) is 6.12. The van der Waals surface area contributed by atoms with E-state index >= 15 is 0 Å². The van der Waals surface area contributed by atoms with E-state index in [0.717, 1.165) is 5.56 Å². The van der Waals surface area contributed by atoms with Gasteiger partial charge in [-0.3, -0.25) is 14.4 Å². The van der Waals surface area contributed by atoms with E-state index in [2.05, 4.69) is 17.2 Å². The molecule has 0 radical (unpaired) electrons. The second kappa shape index (κ2) is 9.08. The van der Waals surface area contributed by atoms with Crippen molar-refractivity contribution in [3.8, 4) is 0 Å². The summed E-state index contributed by atoms with van der Waals surface area (Å²) in [6.45, 7) is 4.18. The number of benzene rings is 3. The zero-order valence-corrected chi connectivity index (χ0v) is 17.9. The third-order valence-electron chi connectivity index (χ3n) is 5.15. The molecule has 7 heteroatoms. The molecule has 3 aromatic rings. The first kappa shape index (κ1) is 21.3. The van der Waals surface area contributed by atoms with Gasteiger partial charge in [0.2, 0.25) is 5.91 Å². The van der Waals surface area contributed by atoms with Crippen molar-refractivity contribution in [1.82, 2.24) is 4.90 Å². The highest BCUT2D eigenvalue weighted by Gasteiger charge is 2.30. The lowest BCUT2D eigenvalue weighted by Gasteiger charge is -2.17. The molecule has 0 aromatic heterocycles. The molecule has 2 N–H and O–H groups in total. The number of nitrogens with one attached hydrogen (secondary N) is 2. The number of amides is 3. The zero-order chi connectivity index (χ0) is 22.7. The molecule has 0 saturated carbocycles. The fourth-order valence-corrected chi connectivity index (χ4v) is 3.64. The minimum absolute atomic E-state index is 0.0614. The van der Waals surface area contributed by atoms with Gasteiger partial charge in [0.05, 0.1) is 11.3 Å². The van der Waals surface area contributed by atoms with Gasteiger partial charge in [-0.15, -0.1) is 0 Å². The lowest BCUT2D eigenvalue weighted by Crippen LogP contribution is -2.27. The maximum absolute atomic E-state index is 12.7. The number of hydrogen-bond acceptors (Lipinski definition) is 3. The van der Waals surface area contributed by atoms with Gasteiger partial charge in [-0.2, -0.15) is 0 Å². The number of rotatable bonds is 6. The van der Waals surface area contributed by atoms with Gasteiger partial charge < -0.3 is 15.5 Å². The van der Waals surface area contributed by atoms with E-state index in [-0.39, 0.29) is 30.7 Å². The Morgan fingerprint density at radius 1 is 0.875 bits per heavy atom. The fourth-order valence-electron chi connectivity index (χ4n) is 3.52. The standard InChI is InChI=1S/C25H20ClN3O3/c1-16-19-6-2-3-7-20(19)25(32)29(16)15-14-23(30)28-22-9-5-4-8-21(22)24(31)27-18-12-10-17(26)11-13-18/h2-13H,1,14-15H2,(H,27,31)(H,28,30). The summed E-state index contributed by atoms with van der Waals surface area (Å²) in [4.78, 5) is 39.4. The van der Waals surface area contributed by atoms with Crippen LogP contribution in [0.2, 0.25) is 5.02 Å². The molecule has 6 nitrogen and oxygen atoms in total. The number of anilines is 2. The van der Waals surface area contributed by atoms with Crippen LogP contribution in [0, 0.1) is 0 Å². The second-order valence-corrected chi connectivity index (χ2v) is 7.69. The monoisotopic (exact) mass is 445 g/mol. The highest BCUT2D eigenvalue weighted by Crippen LogP contribution is 2.31. The number of hydrogen-bond donors (Lipinski definition) is 2. The Kier molecular flexibility index (Phi) is 6.05. The van der Waals surface area contributed by atoms with E-state index < -0.39 is 0 Å². The van der Waals surface area contributed by atoms with Crippen molar-refractivity contribution in [2.24, 2.45) is 0 Å². The summed E-state index contributed by atoms with van der Waals surface area (Å²) in [6, 6.07) is 20.7. The first-order chi connectivity index (χ1) is 15.4. The summed E-state index contributed by atoms with van der Waals surface area (Å²) >= 11 is 5.88. The van der Waals surface area contributed by atoms with Crippen molar-refractivity contribution in [2.45, 2.75) is 6.42 Å². The molecule has 1 heterocycles. The van der Waals surface area contributed by atoms with Crippen LogP contribution in [0.3, 0.4) is 0 Å². The molecule has 3 aromatic carbocycles. The first-order valence-electron chi connectivity index (χ1n) is 10.00. The van der Waals surface area contributed by atoms with Crippen molar-refractivity contribution in [3.63, 3.8) is 0 Å². The van der Waals surface area contributed by atoms with Crippen LogP contribution in [0.4, 0.5) is 11.4 Å². The molecular formula is C25H20ClN3O3. The second-order valence-electron chi connectivity index (χ2n) is 7.25. The molecule has 32 heavy (non-hydrogen) atoms. The molecule has 4 rings (SSSR count). The van der Waals surface area contributed by atoms with Gasteiger partial charge in [0, 0.05) is 40.5 Å². The maximum atomic E-state index is 12.7. The Morgan fingerprint density at radius 3 is 2.25 bits per heavy atom. The molecule has 0 aliphatic carbocycles. The quantitative estimate of drug-likeness (QED) is 0.557. The van der Waals surface area contributed by atoms with E-state index in [0.29, 0.717) is 33.2 Å². The van der Waals surface area contributed by atoms with Crippen LogP contribution in [0.25, 0.3) is 5.70 Å². The largest absolute Gasteiger partial charge is 0.325 e. The maximum Gasteiger partial charge on any atom is 0.258 e. The molecule has 0 atom stereocenters. The molecule has 0 saturated heterocycles. The normalized spacial score (nSPS) is 12.5. The SMILES string of the molecule is C=C1c2ccccc2C(=O)N1CCC(=O)Nc1ccccc1C(=O)Nc1ccc(Cl)cc1. The predicted molar refractivity (Wildman–Crippen MR) is 126 cm³/mol. The minimum Gasteiger partial charge on any atom is -0.325 e. The Balaban J connectivity index is 1.40. The third kappa shape index (κ3) is 4.40. The Bertz CT molecular complexity index is 1190. The number of carbonyl (C=O) groups excluding carboxylic acids is 3.